The number of hydrogen-bond acceptors (Lipinski definition) is 2. The van der Waals surface area contributed by atoms with Gasteiger partial charge < -0.3 is 10.6 Å². The van der Waals surface area contributed by atoms with Crippen molar-refractivity contribution in [3.8, 4) is 0 Å². The van der Waals surface area contributed by atoms with Crippen molar-refractivity contribution in [2.45, 2.75) is 25.8 Å². The molecule has 0 aliphatic carbocycles. The van der Waals surface area contributed by atoms with Gasteiger partial charge in [-0.25, -0.2) is 0 Å². The summed E-state index contributed by atoms with van der Waals surface area (Å²) >= 11 is 0. The van der Waals surface area contributed by atoms with Gasteiger partial charge in [-0.15, -0.1) is 12.4 Å². The summed E-state index contributed by atoms with van der Waals surface area (Å²) in [6.07, 6.45) is 1.42. The Kier molecular flexibility index (Phi) is 5.63. The van der Waals surface area contributed by atoms with Gasteiger partial charge in [0.25, 0.3) is 0 Å². The van der Waals surface area contributed by atoms with Crippen LogP contribution in [-0.2, 0) is 11.2 Å². The Balaban J connectivity index is 0.00000162. The Morgan fingerprint density at radius 2 is 2.06 bits per heavy atom. The molecular formula is C14H21ClN2O. The van der Waals surface area contributed by atoms with Gasteiger partial charge in [0.05, 0.1) is 6.42 Å². The van der Waals surface area contributed by atoms with Crippen molar-refractivity contribution < 1.29 is 4.79 Å². The molecule has 18 heavy (non-hydrogen) atoms. The smallest absolute Gasteiger partial charge is 0.227 e. The minimum atomic E-state index is 0. The third-order valence-corrected chi connectivity index (χ3v) is 3.52. The van der Waals surface area contributed by atoms with Gasteiger partial charge in [0.1, 0.15) is 0 Å². The molecule has 1 heterocycles. The van der Waals surface area contributed by atoms with Crippen molar-refractivity contribution in [1.29, 1.82) is 0 Å². The Hall–Kier alpha value is -1.06. The summed E-state index contributed by atoms with van der Waals surface area (Å²) in [7, 11) is 0. The average Bonchev–Trinajstić information content (AvgIpc) is 2.34. The van der Waals surface area contributed by atoms with Crippen LogP contribution < -0.4 is 5.73 Å². The van der Waals surface area contributed by atoms with Crippen molar-refractivity contribution in [2.24, 2.45) is 11.7 Å². The Bertz CT molecular complexity index is 383. The molecular weight excluding hydrogens is 248 g/mol. The van der Waals surface area contributed by atoms with Crippen LogP contribution in [0.4, 0.5) is 0 Å². The lowest BCUT2D eigenvalue weighted by molar-refractivity contribution is -0.132. The van der Waals surface area contributed by atoms with Crippen molar-refractivity contribution in [1.82, 2.24) is 4.90 Å². The minimum absolute atomic E-state index is 0. The third-order valence-electron chi connectivity index (χ3n) is 3.52. The number of halogens is 1. The number of piperidine rings is 1. The van der Waals surface area contributed by atoms with Crippen molar-refractivity contribution >= 4 is 18.3 Å². The molecule has 1 aliphatic rings. The van der Waals surface area contributed by atoms with Crippen LogP contribution in [0.15, 0.2) is 30.3 Å². The monoisotopic (exact) mass is 268 g/mol. The maximum absolute atomic E-state index is 12.1. The highest BCUT2D eigenvalue weighted by Crippen LogP contribution is 2.16. The molecule has 2 unspecified atom stereocenters. The molecule has 0 bridgehead atoms. The number of rotatable bonds is 2. The molecule has 1 aromatic carbocycles. The second kappa shape index (κ2) is 6.76. The molecule has 4 heteroatoms. The maximum Gasteiger partial charge on any atom is 0.227 e. The van der Waals surface area contributed by atoms with E-state index >= 15 is 0 Å². The summed E-state index contributed by atoms with van der Waals surface area (Å²) in [5.74, 6) is 0.624. The first-order chi connectivity index (χ1) is 8.16. The van der Waals surface area contributed by atoms with Crippen LogP contribution in [0.2, 0.25) is 0 Å². The van der Waals surface area contributed by atoms with Gasteiger partial charge in [0, 0.05) is 19.1 Å². The van der Waals surface area contributed by atoms with Crippen LogP contribution in [0, 0.1) is 5.92 Å². The molecule has 0 aromatic heterocycles. The van der Waals surface area contributed by atoms with Crippen molar-refractivity contribution in [2.75, 3.05) is 13.1 Å². The molecule has 1 aliphatic heterocycles. The summed E-state index contributed by atoms with van der Waals surface area (Å²) < 4.78 is 0. The second-order valence-electron chi connectivity index (χ2n) is 4.93. The highest BCUT2D eigenvalue weighted by atomic mass is 35.5. The fourth-order valence-electron chi connectivity index (χ4n) is 2.27. The van der Waals surface area contributed by atoms with Crippen LogP contribution in [0.25, 0.3) is 0 Å². The highest BCUT2D eigenvalue weighted by Gasteiger charge is 2.25. The fraction of sp³-hybridized carbons (Fsp3) is 0.500. The predicted molar refractivity (Wildman–Crippen MR) is 75.7 cm³/mol. The SMILES string of the molecule is CC1CN(C(=O)Cc2ccccc2)CCC1N.Cl. The van der Waals surface area contributed by atoms with Gasteiger partial charge in [0.2, 0.25) is 5.91 Å². The lowest BCUT2D eigenvalue weighted by atomic mass is 9.94. The van der Waals surface area contributed by atoms with E-state index in [1.165, 1.54) is 0 Å². The Labute approximate surface area is 115 Å². The van der Waals surface area contributed by atoms with E-state index in [0.717, 1.165) is 25.1 Å². The van der Waals surface area contributed by atoms with Crippen LogP contribution in [0.5, 0.6) is 0 Å². The van der Waals surface area contributed by atoms with Crippen LogP contribution >= 0.6 is 12.4 Å². The predicted octanol–water partition coefficient (Wildman–Crippen LogP) is 1.85. The van der Waals surface area contributed by atoms with Gasteiger partial charge in [-0.05, 0) is 17.9 Å². The first-order valence-electron chi connectivity index (χ1n) is 6.24. The molecule has 0 spiro atoms. The van der Waals surface area contributed by atoms with Gasteiger partial charge >= 0.3 is 0 Å². The summed E-state index contributed by atoms with van der Waals surface area (Å²) in [4.78, 5) is 14.1. The number of nitrogens with two attached hydrogens (primary N) is 1. The number of carbonyl (C=O) groups excluding carboxylic acids is 1. The normalized spacial score (nSPS) is 23.3. The molecule has 2 atom stereocenters. The van der Waals surface area contributed by atoms with Crippen molar-refractivity contribution in [3.63, 3.8) is 0 Å². The summed E-state index contributed by atoms with van der Waals surface area (Å²) in [6, 6.07) is 10.1. The van der Waals surface area contributed by atoms with E-state index in [4.69, 9.17) is 5.73 Å². The molecule has 2 N–H and O–H groups in total. The number of likely N-dealkylation sites (tertiary alicyclic amines) is 1. The molecule has 0 radical (unpaired) electrons. The van der Waals surface area contributed by atoms with Crippen LogP contribution in [0.3, 0.4) is 0 Å². The lowest BCUT2D eigenvalue weighted by Gasteiger charge is -2.35. The number of benzene rings is 1. The summed E-state index contributed by atoms with van der Waals surface area (Å²) in [5, 5.41) is 0. The van der Waals surface area contributed by atoms with E-state index in [1.807, 2.05) is 35.2 Å². The average molecular weight is 269 g/mol. The number of carbonyl (C=O) groups is 1. The van der Waals surface area contributed by atoms with E-state index in [2.05, 4.69) is 6.92 Å². The molecule has 1 aromatic rings. The van der Waals surface area contributed by atoms with Gasteiger partial charge in [-0.3, -0.25) is 4.79 Å². The number of nitrogens with zero attached hydrogens (tertiary/aromatic N) is 1. The molecule has 2 rings (SSSR count). The summed E-state index contributed by atoms with van der Waals surface area (Å²) in [5.41, 5.74) is 7.04. The Morgan fingerprint density at radius 1 is 1.39 bits per heavy atom. The fourth-order valence-corrected chi connectivity index (χ4v) is 2.27. The zero-order valence-corrected chi connectivity index (χ0v) is 11.5. The molecule has 3 nitrogen and oxygen atoms in total. The molecule has 100 valence electrons. The largest absolute Gasteiger partial charge is 0.342 e. The zero-order valence-electron chi connectivity index (χ0n) is 10.7. The van der Waals surface area contributed by atoms with Gasteiger partial charge in [-0.1, -0.05) is 37.3 Å². The second-order valence-corrected chi connectivity index (χ2v) is 4.93. The molecule has 1 fully saturated rings. The zero-order chi connectivity index (χ0) is 12.3. The lowest BCUT2D eigenvalue weighted by Crippen LogP contribution is -2.48. The van der Waals surface area contributed by atoms with E-state index in [1.54, 1.807) is 0 Å². The standard InChI is InChI=1S/C14H20N2O.ClH/c1-11-10-16(8-7-13(11)15)14(17)9-12-5-3-2-4-6-12;/h2-6,11,13H,7-10,15H2,1H3;1H. The highest BCUT2D eigenvalue weighted by molar-refractivity contribution is 5.85. The van der Waals surface area contributed by atoms with E-state index in [0.29, 0.717) is 12.3 Å². The molecule has 1 saturated heterocycles. The van der Waals surface area contributed by atoms with Crippen molar-refractivity contribution in [3.05, 3.63) is 35.9 Å². The van der Waals surface area contributed by atoms with Gasteiger partial charge in [0.15, 0.2) is 0 Å². The van der Waals surface area contributed by atoms with Crippen LogP contribution in [-0.4, -0.2) is 29.9 Å². The first-order valence-corrected chi connectivity index (χ1v) is 6.24. The third kappa shape index (κ3) is 3.72. The van der Waals surface area contributed by atoms with Gasteiger partial charge in [-0.2, -0.15) is 0 Å². The van der Waals surface area contributed by atoms with Crippen LogP contribution in [0.1, 0.15) is 18.9 Å². The number of hydrogen-bond donors (Lipinski definition) is 1. The van der Waals surface area contributed by atoms with E-state index in [9.17, 15) is 4.79 Å². The maximum atomic E-state index is 12.1. The topological polar surface area (TPSA) is 46.3 Å². The first kappa shape index (κ1) is 15.0. The number of amides is 1. The minimum Gasteiger partial charge on any atom is -0.342 e. The van der Waals surface area contributed by atoms with E-state index < -0.39 is 0 Å². The Morgan fingerprint density at radius 3 is 2.67 bits per heavy atom. The summed E-state index contributed by atoms with van der Waals surface area (Å²) in [6.45, 7) is 3.72. The molecule has 1 amide bonds. The quantitative estimate of drug-likeness (QED) is 0.890. The molecule has 0 saturated carbocycles. The van der Waals surface area contributed by atoms with E-state index in [-0.39, 0.29) is 24.4 Å².